The zero-order chi connectivity index (χ0) is 40.7. The Hall–Kier alpha value is -3.11. The third kappa shape index (κ3) is 40.4. The van der Waals surface area contributed by atoms with E-state index in [2.05, 4.69) is 35.8 Å². The zero-order valence-corrected chi connectivity index (χ0v) is 34.4. The van der Waals surface area contributed by atoms with E-state index in [9.17, 15) is 24.4 Å². The Bertz CT molecular complexity index is 1240. The van der Waals surface area contributed by atoms with Gasteiger partial charge in [0.05, 0.1) is 18.8 Å². The molecule has 3 atom stereocenters. The maximum atomic E-state index is 12.4. The van der Waals surface area contributed by atoms with Gasteiger partial charge in [-0.3, -0.25) is 14.1 Å². The van der Waals surface area contributed by atoms with Crippen molar-refractivity contribution in [1.82, 2.24) is 0 Å². The second-order valence-electron chi connectivity index (χ2n) is 13.3. The molecule has 0 rings (SSSR count). The average Bonchev–Trinajstić information content (AvgIpc) is 3.14. The fourth-order valence-corrected chi connectivity index (χ4v) is 5.32. The third-order valence-electron chi connectivity index (χ3n) is 8.02. The van der Waals surface area contributed by atoms with E-state index in [1.807, 2.05) is 43.4 Å². The van der Waals surface area contributed by atoms with Gasteiger partial charge < -0.3 is 29.5 Å². The van der Waals surface area contributed by atoms with Crippen molar-refractivity contribution in [1.29, 1.82) is 0 Å². The summed E-state index contributed by atoms with van der Waals surface area (Å²) in [5.41, 5.74) is 0. The fourth-order valence-electron chi connectivity index (χ4n) is 4.96. The maximum absolute atomic E-state index is 12.4. The van der Waals surface area contributed by atoms with Crippen molar-refractivity contribution < 1.29 is 48.2 Å². The molecule has 0 saturated heterocycles. The first kappa shape index (κ1) is 51.9. The van der Waals surface area contributed by atoms with Crippen LogP contribution in [0.25, 0.3) is 0 Å². The number of phosphoric acid groups is 1. The largest absolute Gasteiger partial charge is 0.469 e. The van der Waals surface area contributed by atoms with Crippen molar-refractivity contribution in [2.45, 2.75) is 154 Å². The highest BCUT2D eigenvalue weighted by Crippen LogP contribution is 2.36. The molecule has 0 aliphatic carbocycles. The molecule has 0 spiro atoms. The topological polar surface area (TPSA) is 160 Å². The van der Waals surface area contributed by atoms with Crippen molar-refractivity contribution in [3.63, 3.8) is 0 Å². The van der Waals surface area contributed by atoms with Crippen molar-refractivity contribution in [2.75, 3.05) is 13.2 Å². The van der Waals surface area contributed by atoms with Gasteiger partial charge in [-0.15, -0.1) is 0 Å². The summed E-state index contributed by atoms with van der Waals surface area (Å²) in [6.45, 7) is 3.29. The van der Waals surface area contributed by atoms with E-state index in [-0.39, 0.29) is 19.4 Å². The van der Waals surface area contributed by atoms with Crippen LogP contribution in [0, 0.1) is 0 Å². The predicted octanol–water partition coefficient (Wildman–Crippen LogP) is 10.2. The molecule has 0 aromatic heterocycles. The second kappa shape index (κ2) is 37.8. The monoisotopic (exact) mass is 790 g/mol. The van der Waals surface area contributed by atoms with Crippen LogP contribution in [0.1, 0.15) is 136 Å². The molecule has 55 heavy (non-hydrogen) atoms. The molecule has 0 aliphatic heterocycles. The SMILES string of the molecule is CC/C=C\C[C@@H](O)/C=C/C=C\C=C\[C@@H](O)C/C=C\C/C=C\CCC(=O)OC[C@H](COP(=O)(O)O)OC(=O)CCCCCCCC/C=C\C/C=C\CCCCC. The summed E-state index contributed by atoms with van der Waals surface area (Å²) in [6.07, 6.45) is 44.8. The summed E-state index contributed by atoms with van der Waals surface area (Å²) in [5, 5.41) is 19.9. The van der Waals surface area contributed by atoms with Gasteiger partial charge in [-0.05, 0) is 70.6 Å². The predicted molar refractivity (Wildman–Crippen MR) is 223 cm³/mol. The minimum absolute atomic E-state index is 0.0775. The molecule has 0 fully saturated rings. The van der Waals surface area contributed by atoms with E-state index < -0.39 is 44.7 Å². The Balaban J connectivity index is 4.23. The number of carbonyl (C=O) groups excluding carboxylic acids is 2. The molecule has 0 radical (unpaired) electrons. The van der Waals surface area contributed by atoms with E-state index in [0.717, 1.165) is 51.4 Å². The Kier molecular flexibility index (Phi) is 35.7. The zero-order valence-electron chi connectivity index (χ0n) is 33.5. The Morgan fingerprint density at radius 3 is 1.69 bits per heavy atom. The normalized spacial score (nSPS) is 14.7. The van der Waals surface area contributed by atoms with Gasteiger partial charge in [0.25, 0.3) is 0 Å². The van der Waals surface area contributed by atoms with Gasteiger partial charge in [0, 0.05) is 12.8 Å². The first-order chi connectivity index (χ1) is 26.6. The van der Waals surface area contributed by atoms with Crippen LogP contribution in [0.2, 0.25) is 0 Å². The van der Waals surface area contributed by atoms with Crippen LogP contribution in [0.15, 0.2) is 97.2 Å². The number of carbonyl (C=O) groups is 2. The summed E-state index contributed by atoms with van der Waals surface area (Å²) in [5.74, 6) is -1.07. The van der Waals surface area contributed by atoms with Crippen LogP contribution in [0.3, 0.4) is 0 Å². The number of allylic oxidation sites excluding steroid dienone is 12. The molecule has 0 bridgehead atoms. The molecule has 312 valence electrons. The van der Waals surface area contributed by atoms with Gasteiger partial charge >= 0.3 is 19.8 Å². The summed E-state index contributed by atoms with van der Waals surface area (Å²) in [6, 6.07) is 0. The summed E-state index contributed by atoms with van der Waals surface area (Å²) in [7, 11) is -4.80. The number of phosphoric ester groups is 1. The van der Waals surface area contributed by atoms with Crippen LogP contribution >= 0.6 is 7.82 Å². The standard InChI is InChI=1S/C44H71O10P/c1-3-5-7-8-9-10-11-12-13-14-15-16-17-18-23-31-37-44(48)54-42(39-53-55(49,50)51)38-52-43(47)36-30-22-20-19-21-27-33-41(46)35-29-25-24-28-34-40(45)32-26-6-4-2/h6,9-10,12-13,20-22,24-29,34-35,40-42,45-46H,3-5,7-8,11,14-19,23,30-33,36-39H2,1-2H3,(H2,49,50,51)/b10-9-,13-12-,22-20-,25-24-,26-6-,27-21-,34-28+,35-29+/t40-,41+,42-/m1/s1. The second-order valence-corrected chi connectivity index (χ2v) is 14.5. The molecule has 0 aliphatic rings. The van der Waals surface area contributed by atoms with E-state index in [1.165, 1.54) is 25.7 Å². The number of esters is 2. The van der Waals surface area contributed by atoms with E-state index in [0.29, 0.717) is 32.1 Å². The van der Waals surface area contributed by atoms with Gasteiger partial charge in [0.2, 0.25) is 0 Å². The molecule has 11 heteroatoms. The molecule has 0 saturated carbocycles. The van der Waals surface area contributed by atoms with Crippen molar-refractivity contribution in [2.24, 2.45) is 0 Å². The number of aliphatic hydroxyl groups excluding tert-OH is 2. The number of rotatable bonds is 35. The highest BCUT2D eigenvalue weighted by Gasteiger charge is 2.22. The lowest BCUT2D eigenvalue weighted by atomic mass is 10.1. The van der Waals surface area contributed by atoms with Crippen LogP contribution < -0.4 is 0 Å². The van der Waals surface area contributed by atoms with Gasteiger partial charge in [-0.2, -0.15) is 0 Å². The van der Waals surface area contributed by atoms with E-state index in [1.54, 1.807) is 36.5 Å². The minimum Gasteiger partial charge on any atom is -0.462 e. The highest BCUT2D eigenvalue weighted by atomic mass is 31.2. The summed E-state index contributed by atoms with van der Waals surface area (Å²) in [4.78, 5) is 42.8. The molecule has 0 amide bonds. The number of aliphatic hydroxyl groups is 2. The number of hydrogen-bond acceptors (Lipinski definition) is 8. The molecular weight excluding hydrogens is 719 g/mol. The van der Waals surface area contributed by atoms with Crippen molar-refractivity contribution >= 4 is 19.8 Å². The molecule has 0 aromatic rings. The smallest absolute Gasteiger partial charge is 0.462 e. The van der Waals surface area contributed by atoms with Crippen LogP contribution in [-0.4, -0.2) is 63.5 Å². The van der Waals surface area contributed by atoms with E-state index in [4.69, 9.17) is 19.3 Å². The molecular formula is C44H71O10P. The van der Waals surface area contributed by atoms with Gasteiger partial charge in [0.1, 0.15) is 6.61 Å². The molecule has 0 heterocycles. The third-order valence-corrected chi connectivity index (χ3v) is 8.50. The highest BCUT2D eigenvalue weighted by molar-refractivity contribution is 7.46. The minimum atomic E-state index is -4.80. The van der Waals surface area contributed by atoms with Crippen LogP contribution in [0.5, 0.6) is 0 Å². The summed E-state index contributed by atoms with van der Waals surface area (Å²) < 4.78 is 26.2. The molecule has 4 N–H and O–H groups in total. The first-order valence-corrected chi connectivity index (χ1v) is 21.8. The lowest BCUT2D eigenvalue weighted by molar-refractivity contribution is -0.161. The molecule has 0 unspecified atom stereocenters. The van der Waals surface area contributed by atoms with Gasteiger partial charge in [-0.25, -0.2) is 4.57 Å². The summed E-state index contributed by atoms with van der Waals surface area (Å²) >= 11 is 0. The Labute approximate surface area is 331 Å². The number of unbranched alkanes of at least 4 members (excludes halogenated alkanes) is 9. The quantitative estimate of drug-likeness (QED) is 0.0160. The first-order valence-electron chi connectivity index (χ1n) is 20.2. The fraction of sp³-hybridized carbons (Fsp3) is 0.591. The number of hydrogen-bond donors (Lipinski definition) is 4. The van der Waals surface area contributed by atoms with Gasteiger partial charge in [0.15, 0.2) is 6.10 Å². The average molecular weight is 791 g/mol. The lowest BCUT2D eigenvalue weighted by Crippen LogP contribution is -2.29. The van der Waals surface area contributed by atoms with Crippen LogP contribution in [-0.2, 0) is 28.2 Å². The van der Waals surface area contributed by atoms with E-state index >= 15 is 0 Å². The van der Waals surface area contributed by atoms with Crippen LogP contribution in [0.4, 0.5) is 0 Å². The Morgan fingerprint density at radius 2 is 1.11 bits per heavy atom. The molecule has 10 nitrogen and oxygen atoms in total. The van der Waals surface area contributed by atoms with Gasteiger partial charge in [-0.1, -0.05) is 150 Å². The van der Waals surface area contributed by atoms with Crippen molar-refractivity contribution in [3.05, 3.63) is 97.2 Å². The molecule has 0 aromatic carbocycles. The lowest BCUT2D eigenvalue weighted by Gasteiger charge is -2.18. The number of ether oxygens (including phenoxy) is 2. The Morgan fingerprint density at radius 1 is 0.582 bits per heavy atom. The maximum Gasteiger partial charge on any atom is 0.469 e. The van der Waals surface area contributed by atoms with Crippen molar-refractivity contribution in [3.8, 4) is 0 Å².